The lowest BCUT2D eigenvalue weighted by molar-refractivity contribution is 0.0847. The van der Waals surface area contributed by atoms with Crippen LogP contribution >= 0.6 is 0 Å². The molecule has 0 spiro atoms. The molecule has 0 aliphatic heterocycles. The van der Waals surface area contributed by atoms with Gasteiger partial charge in [-0.15, -0.1) is 0 Å². The average molecular weight is 268 g/mol. The second-order valence-electron chi connectivity index (χ2n) is 4.83. The molecule has 0 saturated carbocycles. The lowest BCUT2D eigenvalue weighted by Gasteiger charge is -2.29. The van der Waals surface area contributed by atoms with Gasteiger partial charge < -0.3 is 20.7 Å². The topological polar surface area (TPSA) is 93.2 Å². The standard InChI is InChI=1S/C13H24N4O2/c1-3-13(4-2,9-18)8-15-12(19)11-7-17(6-5-14)10-16-11/h7,10,18H,3-6,8-9,14H2,1-2H3,(H,15,19). The summed E-state index contributed by atoms with van der Waals surface area (Å²) in [5.74, 6) is -0.213. The number of carbonyl (C=O) groups is 1. The quantitative estimate of drug-likeness (QED) is 0.635. The smallest absolute Gasteiger partial charge is 0.271 e. The third-order valence-corrected chi connectivity index (χ3v) is 3.71. The minimum atomic E-state index is -0.241. The van der Waals surface area contributed by atoms with Crippen molar-refractivity contribution in [3.05, 3.63) is 18.2 Å². The summed E-state index contributed by atoms with van der Waals surface area (Å²) in [6.45, 7) is 5.71. The van der Waals surface area contributed by atoms with Gasteiger partial charge >= 0.3 is 0 Å². The number of nitrogens with two attached hydrogens (primary N) is 1. The van der Waals surface area contributed by atoms with Crippen LogP contribution in [0.3, 0.4) is 0 Å². The Bertz CT molecular complexity index is 391. The molecule has 0 atom stereocenters. The van der Waals surface area contributed by atoms with Crippen LogP contribution in [0.5, 0.6) is 0 Å². The molecule has 1 rings (SSSR count). The molecule has 4 N–H and O–H groups in total. The van der Waals surface area contributed by atoms with Gasteiger partial charge in [-0.05, 0) is 12.8 Å². The minimum absolute atomic E-state index is 0.0713. The Kier molecular flexibility index (Phi) is 5.98. The first-order valence-corrected chi connectivity index (χ1v) is 6.71. The summed E-state index contributed by atoms with van der Waals surface area (Å²) in [6.07, 6.45) is 4.92. The molecule has 108 valence electrons. The van der Waals surface area contributed by atoms with Crippen molar-refractivity contribution in [2.24, 2.45) is 11.1 Å². The van der Waals surface area contributed by atoms with Crippen molar-refractivity contribution in [2.45, 2.75) is 33.2 Å². The van der Waals surface area contributed by atoms with Gasteiger partial charge in [-0.3, -0.25) is 4.79 Å². The highest BCUT2D eigenvalue weighted by Gasteiger charge is 2.26. The number of hydrogen-bond donors (Lipinski definition) is 3. The van der Waals surface area contributed by atoms with Crippen LogP contribution in [0, 0.1) is 5.41 Å². The minimum Gasteiger partial charge on any atom is -0.396 e. The van der Waals surface area contributed by atoms with Gasteiger partial charge in [-0.2, -0.15) is 0 Å². The van der Waals surface area contributed by atoms with E-state index in [9.17, 15) is 9.90 Å². The molecule has 1 aromatic heterocycles. The summed E-state index contributed by atoms with van der Waals surface area (Å²) in [5, 5.41) is 12.3. The van der Waals surface area contributed by atoms with Crippen LogP contribution in [0.4, 0.5) is 0 Å². The maximum atomic E-state index is 12.0. The van der Waals surface area contributed by atoms with Gasteiger partial charge in [-0.1, -0.05) is 13.8 Å². The summed E-state index contributed by atoms with van der Waals surface area (Å²) in [6, 6.07) is 0. The highest BCUT2D eigenvalue weighted by molar-refractivity contribution is 5.92. The van der Waals surface area contributed by atoms with Gasteiger partial charge in [-0.25, -0.2) is 4.98 Å². The van der Waals surface area contributed by atoms with Gasteiger partial charge in [0.1, 0.15) is 5.69 Å². The third-order valence-electron chi connectivity index (χ3n) is 3.71. The maximum Gasteiger partial charge on any atom is 0.271 e. The molecule has 1 aromatic rings. The highest BCUT2D eigenvalue weighted by Crippen LogP contribution is 2.24. The van der Waals surface area contributed by atoms with Gasteiger partial charge in [0, 0.05) is 31.2 Å². The molecule has 0 saturated heterocycles. The predicted molar refractivity (Wildman–Crippen MR) is 73.7 cm³/mol. The SMILES string of the molecule is CCC(CC)(CO)CNC(=O)c1cn(CCN)cn1. The molecule has 0 aliphatic rings. The molecule has 1 heterocycles. The molecule has 0 fully saturated rings. The molecule has 6 nitrogen and oxygen atoms in total. The van der Waals surface area contributed by atoms with E-state index in [0.717, 1.165) is 12.8 Å². The van der Waals surface area contributed by atoms with Crippen LogP contribution < -0.4 is 11.1 Å². The van der Waals surface area contributed by atoms with E-state index in [0.29, 0.717) is 25.3 Å². The first-order valence-electron chi connectivity index (χ1n) is 6.71. The van der Waals surface area contributed by atoms with Crippen LogP contribution in [0.1, 0.15) is 37.2 Å². The molecular weight excluding hydrogens is 244 g/mol. The van der Waals surface area contributed by atoms with E-state index in [1.165, 1.54) is 0 Å². The highest BCUT2D eigenvalue weighted by atomic mass is 16.3. The van der Waals surface area contributed by atoms with Crippen molar-refractivity contribution in [1.29, 1.82) is 0 Å². The Labute approximate surface area is 114 Å². The second kappa shape index (κ2) is 7.25. The molecule has 1 amide bonds. The number of rotatable bonds is 8. The van der Waals surface area contributed by atoms with Crippen LogP contribution in [0.2, 0.25) is 0 Å². The van der Waals surface area contributed by atoms with E-state index in [2.05, 4.69) is 10.3 Å². The number of hydrogen-bond acceptors (Lipinski definition) is 4. The van der Waals surface area contributed by atoms with E-state index in [1.54, 1.807) is 17.1 Å². The molecule has 0 radical (unpaired) electrons. The number of aliphatic hydroxyl groups excluding tert-OH is 1. The number of nitrogens with one attached hydrogen (secondary N) is 1. The number of nitrogens with zero attached hydrogens (tertiary/aromatic N) is 2. The first-order chi connectivity index (χ1) is 9.10. The van der Waals surface area contributed by atoms with Crippen LogP contribution in [0.15, 0.2) is 12.5 Å². The summed E-state index contributed by atoms with van der Waals surface area (Å²) in [7, 11) is 0. The normalized spacial score (nSPS) is 11.6. The largest absolute Gasteiger partial charge is 0.396 e. The summed E-state index contributed by atoms with van der Waals surface area (Å²) in [4.78, 5) is 16.0. The van der Waals surface area contributed by atoms with Crippen LogP contribution in [0.25, 0.3) is 0 Å². The first kappa shape index (κ1) is 15.7. The number of carbonyl (C=O) groups excluding carboxylic acids is 1. The number of amides is 1. The van der Waals surface area contributed by atoms with Crippen molar-refractivity contribution in [2.75, 3.05) is 19.7 Å². The van der Waals surface area contributed by atoms with Crippen LogP contribution in [-0.4, -0.2) is 40.3 Å². The Morgan fingerprint density at radius 1 is 1.53 bits per heavy atom. The molecule has 0 aliphatic carbocycles. The molecule has 0 aromatic carbocycles. The predicted octanol–water partition coefficient (Wildman–Crippen LogP) is 0.370. The fourth-order valence-corrected chi connectivity index (χ4v) is 1.89. The zero-order valence-corrected chi connectivity index (χ0v) is 11.7. The molecule has 6 heteroatoms. The maximum absolute atomic E-state index is 12.0. The Balaban J connectivity index is 2.58. The van der Waals surface area contributed by atoms with Gasteiger partial charge in [0.05, 0.1) is 12.9 Å². The average Bonchev–Trinajstić information content (AvgIpc) is 2.90. The van der Waals surface area contributed by atoms with Crippen molar-refractivity contribution in [1.82, 2.24) is 14.9 Å². The van der Waals surface area contributed by atoms with E-state index in [-0.39, 0.29) is 17.9 Å². The number of imidazole rings is 1. The number of aromatic nitrogens is 2. The van der Waals surface area contributed by atoms with Crippen molar-refractivity contribution in [3.63, 3.8) is 0 Å². The summed E-state index contributed by atoms with van der Waals surface area (Å²) in [5.41, 5.74) is 5.58. The lowest BCUT2D eigenvalue weighted by Crippen LogP contribution is -2.39. The molecular formula is C13H24N4O2. The third kappa shape index (κ3) is 4.04. The Hall–Kier alpha value is -1.40. The molecule has 19 heavy (non-hydrogen) atoms. The molecule has 0 unspecified atom stereocenters. The Morgan fingerprint density at radius 3 is 2.74 bits per heavy atom. The second-order valence-corrected chi connectivity index (χ2v) is 4.83. The van der Waals surface area contributed by atoms with E-state index in [4.69, 9.17) is 5.73 Å². The zero-order valence-electron chi connectivity index (χ0n) is 11.7. The van der Waals surface area contributed by atoms with Crippen molar-refractivity contribution in [3.8, 4) is 0 Å². The summed E-state index contributed by atoms with van der Waals surface area (Å²) < 4.78 is 1.79. The van der Waals surface area contributed by atoms with Crippen molar-refractivity contribution >= 4 is 5.91 Å². The fourth-order valence-electron chi connectivity index (χ4n) is 1.89. The Morgan fingerprint density at radius 2 is 2.21 bits per heavy atom. The van der Waals surface area contributed by atoms with Gasteiger partial charge in [0.15, 0.2) is 0 Å². The summed E-state index contributed by atoms with van der Waals surface area (Å²) >= 11 is 0. The van der Waals surface area contributed by atoms with Gasteiger partial charge in [0.25, 0.3) is 5.91 Å². The van der Waals surface area contributed by atoms with Crippen LogP contribution in [-0.2, 0) is 6.54 Å². The van der Waals surface area contributed by atoms with E-state index >= 15 is 0 Å². The van der Waals surface area contributed by atoms with E-state index in [1.807, 2.05) is 13.8 Å². The molecule has 0 bridgehead atoms. The monoisotopic (exact) mass is 268 g/mol. The van der Waals surface area contributed by atoms with Gasteiger partial charge in [0.2, 0.25) is 0 Å². The van der Waals surface area contributed by atoms with Crippen molar-refractivity contribution < 1.29 is 9.90 Å². The zero-order chi connectivity index (χ0) is 14.3. The fraction of sp³-hybridized carbons (Fsp3) is 0.692. The van der Waals surface area contributed by atoms with E-state index < -0.39 is 0 Å². The number of aliphatic hydroxyl groups is 1. The lowest BCUT2D eigenvalue weighted by atomic mass is 9.83.